The second kappa shape index (κ2) is 11.8. The fourth-order valence-electron chi connectivity index (χ4n) is 3.81. The normalized spacial score (nSPS) is 15.4. The van der Waals surface area contributed by atoms with Crippen molar-refractivity contribution in [2.45, 2.75) is 27.4 Å². The maximum absolute atomic E-state index is 13.1. The van der Waals surface area contributed by atoms with Crippen LogP contribution < -0.4 is 9.47 Å². The summed E-state index contributed by atoms with van der Waals surface area (Å²) in [4.78, 5) is 31.0. The predicted molar refractivity (Wildman–Crippen MR) is 147 cm³/mol. The maximum atomic E-state index is 13.1. The highest BCUT2D eigenvalue weighted by atomic mass is 32.2. The number of carboxylic acid groups (broad SMARTS) is 1. The Morgan fingerprint density at radius 2 is 1.84 bits per heavy atom. The van der Waals surface area contributed by atoms with Crippen molar-refractivity contribution in [2.24, 2.45) is 4.99 Å². The number of thioether (sulfide) groups is 1. The second-order valence-corrected chi connectivity index (χ2v) is 9.34. The molecule has 0 radical (unpaired) electrons. The van der Waals surface area contributed by atoms with E-state index >= 15 is 0 Å². The number of aromatic carboxylic acids is 1. The van der Waals surface area contributed by atoms with E-state index in [4.69, 9.17) is 9.47 Å². The number of carbonyl (C=O) groups excluding carboxylic acids is 1. The highest BCUT2D eigenvalue weighted by Crippen LogP contribution is 2.36. The molecule has 3 aromatic carbocycles. The molecule has 1 amide bonds. The van der Waals surface area contributed by atoms with Crippen LogP contribution in [0, 0.1) is 6.92 Å². The van der Waals surface area contributed by atoms with Gasteiger partial charge in [-0.15, -0.1) is 0 Å². The molecule has 4 rings (SSSR count). The SMILES string of the molecule is CCOc1cc(/C=C2/SC(=Nc3cccc(C(=O)O)c3)N(CC)C2=O)ccc1OCc1cccc(C)c1. The van der Waals surface area contributed by atoms with Crippen LogP contribution in [0.25, 0.3) is 6.08 Å². The summed E-state index contributed by atoms with van der Waals surface area (Å²) in [5, 5.41) is 9.76. The van der Waals surface area contributed by atoms with Crippen LogP contribution in [0.2, 0.25) is 0 Å². The Bertz CT molecular complexity index is 1380. The van der Waals surface area contributed by atoms with Crippen molar-refractivity contribution >= 4 is 40.6 Å². The van der Waals surface area contributed by atoms with E-state index in [1.807, 2.05) is 57.2 Å². The number of rotatable bonds is 9. The molecular formula is C29H28N2O5S. The molecule has 1 N–H and O–H groups in total. The summed E-state index contributed by atoms with van der Waals surface area (Å²) in [6.07, 6.45) is 1.80. The van der Waals surface area contributed by atoms with E-state index in [0.29, 0.717) is 47.0 Å². The average molecular weight is 517 g/mol. The standard InChI is InChI=1S/C29H28N2O5S/c1-4-31-27(32)26(37-29(31)30-23-11-7-10-22(17-23)28(33)34)16-20-12-13-24(25(15-20)35-5-2)36-18-21-9-6-8-19(3)14-21/h6-17H,4-5,18H2,1-3H3,(H,33,34)/b26-16+,30-29?. The van der Waals surface area contributed by atoms with Gasteiger partial charge in [-0.25, -0.2) is 9.79 Å². The lowest BCUT2D eigenvalue weighted by Gasteiger charge is -2.13. The average Bonchev–Trinajstić information content (AvgIpc) is 3.17. The predicted octanol–water partition coefficient (Wildman–Crippen LogP) is 6.29. The van der Waals surface area contributed by atoms with E-state index in [9.17, 15) is 14.7 Å². The van der Waals surface area contributed by atoms with Gasteiger partial charge in [0.05, 0.1) is 22.8 Å². The number of likely N-dealkylation sites (N-methyl/N-ethyl adjacent to an activating group) is 1. The second-order valence-electron chi connectivity index (χ2n) is 8.33. The van der Waals surface area contributed by atoms with Gasteiger partial charge in [-0.1, -0.05) is 42.0 Å². The van der Waals surface area contributed by atoms with Crippen LogP contribution in [-0.4, -0.2) is 40.2 Å². The largest absolute Gasteiger partial charge is 0.490 e. The Hall–Kier alpha value is -4.04. The molecule has 1 saturated heterocycles. The van der Waals surface area contributed by atoms with Crippen LogP contribution in [0.5, 0.6) is 11.5 Å². The number of aryl methyl sites for hydroxylation is 1. The molecule has 0 saturated carbocycles. The van der Waals surface area contributed by atoms with Crippen LogP contribution in [-0.2, 0) is 11.4 Å². The summed E-state index contributed by atoms with van der Waals surface area (Å²) >= 11 is 1.26. The number of carbonyl (C=O) groups is 2. The van der Waals surface area contributed by atoms with Crippen LogP contribution >= 0.6 is 11.8 Å². The number of carboxylic acids is 1. The molecule has 8 heteroatoms. The molecule has 37 heavy (non-hydrogen) atoms. The summed E-state index contributed by atoms with van der Waals surface area (Å²) < 4.78 is 11.9. The Morgan fingerprint density at radius 1 is 1.03 bits per heavy atom. The molecule has 1 aliphatic rings. The van der Waals surface area contributed by atoms with Crippen molar-refractivity contribution in [3.8, 4) is 11.5 Å². The third-order valence-corrected chi connectivity index (χ3v) is 6.57. The lowest BCUT2D eigenvalue weighted by Crippen LogP contribution is -2.28. The van der Waals surface area contributed by atoms with Crippen molar-refractivity contribution < 1.29 is 24.2 Å². The molecule has 0 aromatic heterocycles. The Morgan fingerprint density at radius 3 is 2.57 bits per heavy atom. The first-order chi connectivity index (χ1) is 17.9. The minimum absolute atomic E-state index is 0.142. The number of nitrogens with zero attached hydrogens (tertiary/aromatic N) is 2. The van der Waals surface area contributed by atoms with E-state index in [1.54, 1.807) is 23.1 Å². The van der Waals surface area contributed by atoms with Crippen molar-refractivity contribution in [3.05, 3.63) is 93.9 Å². The number of hydrogen-bond acceptors (Lipinski definition) is 6. The first-order valence-corrected chi connectivity index (χ1v) is 12.8. The molecule has 3 aromatic rings. The molecule has 0 spiro atoms. The third-order valence-electron chi connectivity index (χ3n) is 5.56. The molecular weight excluding hydrogens is 488 g/mol. The minimum Gasteiger partial charge on any atom is -0.490 e. The van der Waals surface area contributed by atoms with Gasteiger partial charge in [-0.2, -0.15) is 0 Å². The lowest BCUT2D eigenvalue weighted by atomic mass is 10.1. The molecule has 0 atom stereocenters. The number of aliphatic imine (C=N–C) groups is 1. The van der Waals surface area contributed by atoms with Crippen LogP contribution in [0.3, 0.4) is 0 Å². The topological polar surface area (TPSA) is 88.4 Å². The number of benzene rings is 3. The minimum atomic E-state index is -1.03. The fraction of sp³-hybridized carbons (Fsp3) is 0.207. The van der Waals surface area contributed by atoms with E-state index in [-0.39, 0.29) is 11.5 Å². The van der Waals surface area contributed by atoms with Crippen LogP contribution in [0.4, 0.5) is 5.69 Å². The molecule has 1 fully saturated rings. The number of ether oxygens (including phenoxy) is 2. The molecule has 0 unspecified atom stereocenters. The van der Waals surface area contributed by atoms with Crippen molar-refractivity contribution in [2.75, 3.05) is 13.2 Å². The molecule has 190 valence electrons. The van der Waals surface area contributed by atoms with Crippen molar-refractivity contribution in [1.82, 2.24) is 4.90 Å². The van der Waals surface area contributed by atoms with Gasteiger partial charge in [0, 0.05) is 6.54 Å². The van der Waals surface area contributed by atoms with Gasteiger partial charge in [-0.3, -0.25) is 9.69 Å². The van der Waals surface area contributed by atoms with Gasteiger partial charge >= 0.3 is 5.97 Å². The quantitative estimate of drug-likeness (QED) is 0.336. The summed E-state index contributed by atoms with van der Waals surface area (Å²) in [6.45, 7) is 7.17. The number of amides is 1. The van der Waals surface area contributed by atoms with Crippen LogP contribution in [0.1, 0.15) is 40.9 Å². The highest BCUT2D eigenvalue weighted by Gasteiger charge is 2.32. The summed E-state index contributed by atoms with van der Waals surface area (Å²) in [7, 11) is 0. The zero-order valence-electron chi connectivity index (χ0n) is 20.9. The first kappa shape index (κ1) is 26.0. The zero-order chi connectivity index (χ0) is 26.4. The van der Waals surface area contributed by atoms with Gasteiger partial charge < -0.3 is 14.6 Å². The van der Waals surface area contributed by atoms with E-state index < -0.39 is 5.97 Å². The van der Waals surface area contributed by atoms with E-state index in [1.165, 1.54) is 29.5 Å². The zero-order valence-corrected chi connectivity index (χ0v) is 21.7. The number of amidine groups is 1. The molecule has 1 heterocycles. The Balaban J connectivity index is 1.57. The van der Waals surface area contributed by atoms with Crippen molar-refractivity contribution in [1.29, 1.82) is 0 Å². The third kappa shape index (κ3) is 6.40. The van der Waals surface area contributed by atoms with Crippen LogP contribution in [0.15, 0.2) is 76.6 Å². The van der Waals surface area contributed by atoms with E-state index in [0.717, 1.165) is 11.1 Å². The molecule has 1 aliphatic heterocycles. The Kier molecular flexibility index (Phi) is 8.30. The van der Waals surface area contributed by atoms with Gasteiger partial charge in [-0.05, 0) is 80.1 Å². The highest BCUT2D eigenvalue weighted by molar-refractivity contribution is 8.18. The number of hydrogen-bond donors (Lipinski definition) is 1. The fourth-order valence-corrected chi connectivity index (χ4v) is 4.87. The monoisotopic (exact) mass is 516 g/mol. The summed E-state index contributed by atoms with van der Waals surface area (Å²) in [5.41, 5.74) is 3.66. The lowest BCUT2D eigenvalue weighted by molar-refractivity contribution is -0.122. The van der Waals surface area contributed by atoms with Gasteiger partial charge in [0.25, 0.3) is 5.91 Å². The maximum Gasteiger partial charge on any atom is 0.335 e. The van der Waals surface area contributed by atoms with Gasteiger partial charge in [0.15, 0.2) is 16.7 Å². The van der Waals surface area contributed by atoms with E-state index in [2.05, 4.69) is 11.1 Å². The molecule has 7 nitrogen and oxygen atoms in total. The molecule has 0 aliphatic carbocycles. The van der Waals surface area contributed by atoms with Gasteiger partial charge in [0.1, 0.15) is 6.61 Å². The first-order valence-electron chi connectivity index (χ1n) is 12.0. The smallest absolute Gasteiger partial charge is 0.335 e. The van der Waals surface area contributed by atoms with Gasteiger partial charge in [0.2, 0.25) is 0 Å². The Labute approximate surface area is 220 Å². The van der Waals surface area contributed by atoms with Crippen molar-refractivity contribution in [3.63, 3.8) is 0 Å². The summed E-state index contributed by atoms with van der Waals surface area (Å²) in [6, 6.07) is 20.1. The summed E-state index contributed by atoms with van der Waals surface area (Å²) in [5.74, 6) is 0.0539. The molecule has 0 bridgehead atoms.